The minimum atomic E-state index is -3.67. The lowest BCUT2D eigenvalue weighted by molar-refractivity contribution is -0.115. The molecule has 2 N–H and O–H groups in total. The Morgan fingerprint density at radius 3 is 2.52 bits per heavy atom. The first-order chi connectivity index (χ1) is 11.9. The SMILES string of the molecule is O=C1Cc2cc(S(=O)(=O)NCC3(c4ccc(F)cc4)CC3)ccc2N1. The Hall–Kier alpha value is -2.25. The number of nitrogens with one attached hydrogen (secondary N) is 2. The summed E-state index contributed by atoms with van der Waals surface area (Å²) in [6.07, 6.45) is 1.92. The molecule has 5 nitrogen and oxygen atoms in total. The van der Waals surface area contributed by atoms with E-state index in [0.29, 0.717) is 11.3 Å². The van der Waals surface area contributed by atoms with Crippen molar-refractivity contribution in [2.45, 2.75) is 29.6 Å². The van der Waals surface area contributed by atoms with Crippen molar-refractivity contribution < 1.29 is 17.6 Å². The summed E-state index contributed by atoms with van der Waals surface area (Å²) >= 11 is 0. The maximum Gasteiger partial charge on any atom is 0.240 e. The molecule has 0 radical (unpaired) electrons. The molecule has 2 aliphatic rings. The molecule has 0 bridgehead atoms. The molecule has 0 unspecified atom stereocenters. The van der Waals surface area contributed by atoms with Gasteiger partial charge in [0, 0.05) is 17.6 Å². The molecule has 1 saturated carbocycles. The number of rotatable bonds is 5. The van der Waals surface area contributed by atoms with Gasteiger partial charge in [-0.3, -0.25) is 4.79 Å². The molecule has 0 spiro atoms. The Morgan fingerprint density at radius 1 is 1.12 bits per heavy atom. The summed E-state index contributed by atoms with van der Waals surface area (Å²) in [5.41, 5.74) is 2.04. The summed E-state index contributed by atoms with van der Waals surface area (Å²) in [6.45, 7) is 0.273. The van der Waals surface area contributed by atoms with Gasteiger partial charge in [-0.05, 0) is 54.3 Å². The molecule has 1 heterocycles. The van der Waals surface area contributed by atoms with E-state index >= 15 is 0 Å². The molecule has 2 aromatic rings. The van der Waals surface area contributed by atoms with Gasteiger partial charge in [-0.25, -0.2) is 17.5 Å². The number of fused-ring (bicyclic) bond motifs is 1. The Morgan fingerprint density at radius 2 is 1.84 bits per heavy atom. The average Bonchev–Trinajstić information content (AvgIpc) is 3.27. The van der Waals surface area contributed by atoms with Crippen molar-refractivity contribution in [1.29, 1.82) is 0 Å². The van der Waals surface area contributed by atoms with Crippen LogP contribution in [-0.4, -0.2) is 20.9 Å². The predicted molar refractivity (Wildman–Crippen MR) is 91.3 cm³/mol. The highest BCUT2D eigenvalue weighted by Crippen LogP contribution is 2.47. The molecular weight excluding hydrogens is 343 g/mol. The Kier molecular flexibility index (Phi) is 3.66. The highest BCUT2D eigenvalue weighted by molar-refractivity contribution is 7.89. The third-order valence-corrected chi connectivity index (χ3v) is 6.32. The molecule has 0 aromatic heterocycles. The quantitative estimate of drug-likeness (QED) is 0.859. The van der Waals surface area contributed by atoms with E-state index in [2.05, 4.69) is 10.0 Å². The summed E-state index contributed by atoms with van der Waals surface area (Å²) in [5, 5.41) is 2.68. The van der Waals surface area contributed by atoms with Crippen LogP contribution >= 0.6 is 0 Å². The Bertz CT molecular complexity index is 951. The van der Waals surface area contributed by atoms with Crippen LogP contribution in [0, 0.1) is 5.82 Å². The highest BCUT2D eigenvalue weighted by atomic mass is 32.2. The van der Waals surface area contributed by atoms with Crippen LogP contribution < -0.4 is 10.0 Å². The van der Waals surface area contributed by atoms with Crippen LogP contribution in [0.5, 0.6) is 0 Å². The number of anilines is 1. The highest BCUT2D eigenvalue weighted by Gasteiger charge is 2.44. The first-order valence-corrected chi connectivity index (χ1v) is 9.55. The number of hydrogen-bond acceptors (Lipinski definition) is 3. The summed E-state index contributed by atoms with van der Waals surface area (Å²) < 4.78 is 40.9. The Labute approximate surface area is 145 Å². The molecule has 0 atom stereocenters. The topological polar surface area (TPSA) is 75.3 Å². The van der Waals surface area contributed by atoms with Gasteiger partial charge in [-0.1, -0.05) is 12.1 Å². The van der Waals surface area contributed by atoms with E-state index in [-0.39, 0.29) is 35.0 Å². The number of halogens is 1. The van der Waals surface area contributed by atoms with E-state index in [1.54, 1.807) is 18.2 Å². The second kappa shape index (κ2) is 5.64. The van der Waals surface area contributed by atoms with Crippen LogP contribution in [0.1, 0.15) is 24.0 Å². The number of carbonyl (C=O) groups is 1. The number of benzene rings is 2. The van der Waals surface area contributed by atoms with E-state index in [4.69, 9.17) is 0 Å². The minimum Gasteiger partial charge on any atom is -0.326 e. The zero-order chi connectivity index (χ0) is 17.7. The second-order valence-corrected chi connectivity index (χ2v) is 8.42. The Balaban J connectivity index is 1.52. The van der Waals surface area contributed by atoms with E-state index in [1.165, 1.54) is 24.3 Å². The van der Waals surface area contributed by atoms with Gasteiger partial charge in [0.2, 0.25) is 15.9 Å². The van der Waals surface area contributed by atoms with Crippen LogP contribution in [0.3, 0.4) is 0 Å². The lowest BCUT2D eigenvalue weighted by Gasteiger charge is -2.17. The van der Waals surface area contributed by atoms with Gasteiger partial charge in [-0.2, -0.15) is 0 Å². The first kappa shape index (κ1) is 16.2. The molecule has 4 rings (SSSR count). The van der Waals surface area contributed by atoms with Crippen molar-refractivity contribution >= 4 is 21.6 Å². The summed E-state index contributed by atoms with van der Waals surface area (Å²) in [4.78, 5) is 11.6. The molecule has 1 fully saturated rings. The van der Waals surface area contributed by atoms with Gasteiger partial charge in [0.1, 0.15) is 5.82 Å². The standard InChI is InChI=1S/C18H17FN2O3S/c19-14-3-1-13(2-4-14)18(7-8-18)11-20-25(23,24)15-5-6-16-12(9-15)10-17(22)21-16/h1-6,9,20H,7-8,10-11H2,(H,21,22). The van der Waals surface area contributed by atoms with E-state index in [9.17, 15) is 17.6 Å². The van der Waals surface area contributed by atoms with Crippen LogP contribution in [0.15, 0.2) is 47.4 Å². The molecule has 130 valence electrons. The molecule has 0 saturated heterocycles. The molecular formula is C18H17FN2O3S. The number of amides is 1. The van der Waals surface area contributed by atoms with Crippen molar-refractivity contribution in [2.75, 3.05) is 11.9 Å². The molecule has 1 aliphatic carbocycles. The predicted octanol–water partition coefficient (Wildman–Crippen LogP) is 2.33. The lowest BCUT2D eigenvalue weighted by atomic mass is 9.96. The largest absolute Gasteiger partial charge is 0.326 e. The van der Waals surface area contributed by atoms with Gasteiger partial charge >= 0.3 is 0 Å². The van der Waals surface area contributed by atoms with Crippen LogP contribution in [-0.2, 0) is 26.7 Å². The van der Waals surface area contributed by atoms with Crippen LogP contribution in [0.25, 0.3) is 0 Å². The van der Waals surface area contributed by atoms with Gasteiger partial charge < -0.3 is 5.32 Å². The van der Waals surface area contributed by atoms with Gasteiger partial charge in [0.15, 0.2) is 0 Å². The minimum absolute atomic E-state index is 0.134. The maximum atomic E-state index is 13.1. The zero-order valence-corrected chi connectivity index (χ0v) is 14.2. The van der Waals surface area contributed by atoms with Gasteiger partial charge in [0.25, 0.3) is 0 Å². The van der Waals surface area contributed by atoms with Crippen LogP contribution in [0.4, 0.5) is 10.1 Å². The van der Waals surface area contributed by atoms with E-state index in [1.807, 2.05) is 0 Å². The average molecular weight is 360 g/mol. The summed E-state index contributed by atoms with van der Waals surface area (Å²) in [5.74, 6) is -0.438. The third kappa shape index (κ3) is 3.05. The smallest absolute Gasteiger partial charge is 0.240 e. The molecule has 1 aliphatic heterocycles. The van der Waals surface area contributed by atoms with Gasteiger partial charge in [0.05, 0.1) is 11.3 Å². The van der Waals surface area contributed by atoms with Crippen molar-refractivity contribution in [1.82, 2.24) is 4.72 Å². The third-order valence-electron chi connectivity index (χ3n) is 4.92. The fourth-order valence-electron chi connectivity index (χ4n) is 3.21. The first-order valence-electron chi connectivity index (χ1n) is 8.07. The second-order valence-electron chi connectivity index (χ2n) is 6.66. The summed E-state index contributed by atoms with van der Waals surface area (Å²) in [6, 6.07) is 10.9. The molecule has 7 heteroatoms. The van der Waals surface area contributed by atoms with Crippen molar-refractivity contribution in [3.63, 3.8) is 0 Å². The van der Waals surface area contributed by atoms with Gasteiger partial charge in [-0.15, -0.1) is 0 Å². The van der Waals surface area contributed by atoms with Crippen molar-refractivity contribution in [3.05, 3.63) is 59.4 Å². The monoisotopic (exact) mass is 360 g/mol. The number of hydrogen-bond donors (Lipinski definition) is 2. The normalized spacial score (nSPS) is 17.9. The zero-order valence-electron chi connectivity index (χ0n) is 13.4. The molecule has 25 heavy (non-hydrogen) atoms. The number of sulfonamides is 1. The summed E-state index contributed by atoms with van der Waals surface area (Å²) in [7, 11) is -3.67. The fourth-order valence-corrected chi connectivity index (χ4v) is 4.39. The molecule has 2 aromatic carbocycles. The fraction of sp³-hybridized carbons (Fsp3) is 0.278. The maximum absolute atomic E-state index is 13.1. The molecule has 1 amide bonds. The van der Waals surface area contributed by atoms with Crippen molar-refractivity contribution in [2.24, 2.45) is 0 Å². The van der Waals surface area contributed by atoms with Crippen molar-refractivity contribution in [3.8, 4) is 0 Å². The number of carbonyl (C=O) groups excluding carboxylic acids is 1. The lowest BCUT2D eigenvalue weighted by Crippen LogP contribution is -2.32. The van der Waals surface area contributed by atoms with E-state index in [0.717, 1.165) is 18.4 Å². The van der Waals surface area contributed by atoms with Crippen LogP contribution in [0.2, 0.25) is 0 Å². The van der Waals surface area contributed by atoms with E-state index < -0.39 is 10.0 Å².